The van der Waals surface area contributed by atoms with Gasteiger partial charge in [-0.2, -0.15) is 11.8 Å². The predicted octanol–water partition coefficient (Wildman–Crippen LogP) is 3.22. The van der Waals surface area contributed by atoms with E-state index in [-0.39, 0.29) is 18.6 Å². The molecule has 1 aromatic carbocycles. The number of halogens is 2. The summed E-state index contributed by atoms with van der Waals surface area (Å²) in [5, 5.41) is 16.6. The molecule has 0 aromatic heterocycles. The maximum atomic E-state index is 11.9. The van der Waals surface area contributed by atoms with Gasteiger partial charge in [-0.25, -0.2) is 4.79 Å². The summed E-state index contributed by atoms with van der Waals surface area (Å²) in [6.45, 7) is 2.08. The standard InChI is InChI=1S/C14H18Cl2N2O2S/c1-9(10-3-2-4-11(15)12(10)16)18-13(19)17-7-14(20)5-6-21-8-14/h2-4,9,20H,5-8H2,1H3,(H2,17,18,19). The maximum Gasteiger partial charge on any atom is 0.315 e. The molecule has 0 bridgehead atoms. The maximum absolute atomic E-state index is 11.9. The predicted molar refractivity (Wildman–Crippen MR) is 88.3 cm³/mol. The second kappa shape index (κ2) is 7.09. The summed E-state index contributed by atoms with van der Waals surface area (Å²) in [6, 6.07) is 4.71. The Hall–Kier alpha value is -0.620. The lowest BCUT2D eigenvalue weighted by atomic mass is 10.0. The molecule has 2 amide bonds. The van der Waals surface area contributed by atoms with Gasteiger partial charge in [-0.05, 0) is 30.7 Å². The fourth-order valence-corrected chi connectivity index (χ4v) is 3.93. The molecule has 1 aromatic rings. The van der Waals surface area contributed by atoms with Gasteiger partial charge in [-0.3, -0.25) is 0 Å². The number of amides is 2. The molecule has 1 heterocycles. The van der Waals surface area contributed by atoms with E-state index in [4.69, 9.17) is 23.2 Å². The molecule has 2 atom stereocenters. The van der Waals surface area contributed by atoms with Gasteiger partial charge < -0.3 is 15.7 Å². The Labute approximate surface area is 138 Å². The van der Waals surface area contributed by atoms with Gasteiger partial charge in [-0.15, -0.1) is 0 Å². The molecule has 0 spiro atoms. The number of benzene rings is 1. The zero-order chi connectivity index (χ0) is 15.5. The molecular formula is C14H18Cl2N2O2S. The number of hydrogen-bond acceptors (Lipinski definition) is 3. The fourth-order valence-electron chi connectivity index (χ4n) is 2.16. The third kappa shape index (κ3) is 4.42. The van der Waals surface area contributed by atoms with E-state index >= 15 is 0 Å². The Bertz CT molecular complexity index is 522. The van der Waals surface area contributed by atoms with E-state index in [1.165, 1.54) is 0 Å². The largest absolute Gasteiger partial charge is 0.387 e. The summed E-state index contributed by atoms with van der Waals surface area (Å²) in [6.07, 6.45) is 0.702. The molecule has 2 unspecified atom stereocenters. The minimum absolute atomic E-state index is 0.252. The Balaban J connectivity index is 1.88. The first kappa shape index (κ1) is 16.7. The number of aliphatic hydroxyl groups is 1. The van der Waals surface area contributed by atoms with Crippen molar-refractivity contribution in [3.05, 3.63) is 33.8 Å². The number of rotatable bonds is 4. The van der Waals surface area contributed by atoms with Gasteiger partial charge in [0.1, 0.15) is 0 Å². The van der Waals surface area contributed by atoms with Crippen molar-refractivity contribution in [1.82, 2.24) is 10.6 Å². The van der Waals surface area contributed by atoms with Crippen LogP contribution >= 0.6 is 35.0 Å². The first-order chi connectivity index (χ1) is 9.91. The van der Waals surface area contributed by atoms with Crippen LogP contribution in [0.5, 0.6) is 0 Å². The molecular weight excluding hydrogens is 331 g/mol. The van der Waals surface area contributed by atoms with Crippen molar-refractivity contribution in [3.8, 4) is 0 Å². The highest BCUT2D eigenvalue weighted by Gasteiger charge is 2.32. The minimum atomic E-state index is -0.793. The Morgan fingerprint density at radius 3 is 2.95 bits per heavy atom. The van der Waals surface area contributed by atoms with E-state index in [0.29, 0.717) is 22.2 Å². The van der Waals surface area contributed by atoms with E-state index in [0.717, 1.165) is 11.3 Å². The molecule has 7 heteroatoms. The van der Waals surface area contributed by atoms with Crippen LogP contribution in [0.3, 0.4) is 0 Å². The molecule has 21 heavy (non-hydrogen) atoms. The van der Waals surface area contributed by atoms with Crippen molar-refractivity contribution in [2.24, 2.45) is 0 Å². The molecule has 1 aliphatic heterocycles. The van der Waals surface area contributed by atoms with Crippen LogP contribution in [-0.2, 0) is 0 Å². The van der Waals surface area contributed by atoms with Gasteiger partial charge in [0.2, 0.25) is 0 Å². The average Bonchev–Trinajstić information content (AvgIpc) is 2.87. The van der Waals surface area contributed by atoms with Gasteiger partial charge >= 0.3 is 6.03 Å². The van der Waals surface area contributed by atoms with Crippen molar-refractivity contribution in [2.45, 2.75) is 25.0 Å². The third-order valence-electron chi connectivity index (χ3n) is 3.46. The number of thioether (sulfide) groups is 1. The molecule has 1 aliphatic rings. The van der Waals surface area contributed by atoms with E-state index < -0.39 is 5.60 Å². The lowest BCUT2D eigenvalue weighted by molar-refractivity contribution is 0.0699. The van der Waals surface area contributed by atoms with Crippen molar-refractivity contribution in [2.75, 3.05) is 18.1 Å². The normalized spacial score (nSPS) is 22.9. The lowest BCUT2D eigenvalue weighted by Gasteiger charge is -2.23. The number of nitrogens with one attached hydrogen (secondary N) is 2. The van der Waals surface area contributed by atoms with Gasteiger partial charge in [0.25, 0.3) is 0 Å². The molecule has 0 aliphatic carbocycles. The zero-order valence-electron chi connectivity index (χ0n) is 11.7. The number of carbonyl (C=O) groups is 1. The smallest absolute Gasteiger partial charge is 0.315 e. The molecule has 3 N–H and O–H groups in total. The lowest BCUT2D eigenvalue weighted by Crippen LogP contribution is -2.46. The van der Waals surface area contributed by atoms with Crippen molar-refractivity contribution in [1.29, 1.82) is 0 Å². The molecule has 2 rings (SSSR count). The molecule has 116 valence electrons. The summed E-state index contributed by atoms with van der Waals surface area (Å²) < 4.78 is 0. The van der Waals surface area contributed by atoms with Crippen molar-refractivity contribution >= 4 is 41.0 Å². The van der Waals surface area contributed by atoms with Crippen LogP contribution in [0, 0.1) is 0 Å². The first-order valence-corrected chi connectivity index (χ1v) is 8.61. The quantitative estimate of drug-likeness (QED) is 0.782. The monoisotopic (exact) mass is 348 g/mol. The Morgan fingerprint density at radius 2 is 2.29 bits per heavy atom. The van der Waals surface area contributed by atoms with E-state index in [1.807, 2.05) is 13.0 Å². The number of carbonyl (C=O) groups excluding carboxylic acids is 1. The Kier molecular flexibility index (Phi) is 5.66. The summed E-state index contributed by atoms with van der Waals surface area (Å²) >= 11 is 13.8. The van der Waals surface area contributed by atoms with Crippen LogP contribution in [0.2, 0.25) is 10.0 Å². The van der Waals surface area contributed by atoms with Crippen LogP contribution in [0.4, 0.5) is 4.79 Å². The minimum Gasteiger partial charge on any atom is -0.387 e. The van der Waals surface area contributed by atoms with Gasteiger partial charge in [0.15, 0.2) is 0 Å². The third-order valence-corrected chi connectivity index (χ3v) is 5.52. The molecule has 1 fully saturated rings. The van der Waals surface area contributed by atoms with Crippen LogP contribution in [0.1, 0.15) is 24.9 Å². The highest BCUT2D eigenvalue weighted by Crippen LogP contribution is 2.30. The zero-order valence-corrected chi connectivity index (χ0v) is 14.0. The van der Waals surface area contributed by atoms with E-state index in [2.05, 4.69) is 10.6 Å². The van der Waals surface area contributed by atoms with E-state index in [1.54, 1.807) is 23.9 Å². The van der Waals surface area contributed by atoms with Crippen LogP contribution in [-0.4, -0.2) is 34.8 Å². The average molecular weight is 349 g/mol. The summed E-state index contributed by atoms with van der Waals surface area (Å²) in [5.74, 6) is 1.58. The number of urea groups is 1. The Morgan fingerprint density at radius 1 is 1.52 bits per heavy atom. The molecule has 1 saturated heterocycles. The molecule has 4 nitrogen and oxygen atoms in total. The first-order valence-electron chi connectivity index (χ1n) is 6.70. The van der Waals surface area contributed by atoms with Crippen LogP contribution < -0.4 is 10.6 Å². The second-order valence-electron chi connectivity index (χ2n) is 5.22. The molecule has 0 radical (unpaired) electrons. The van der Waals surface area contributed by atoms with Gasteiger partial charge in [0.05, 0.1) is 21.7 Å². The van der Waals surface area contributed by atoms with Gasteiger partial charge in [0, 0.05) is 12.3 Å². The summed E-state index contributed by atoms with van der Waals surface area (Å²) in [4.78, 5) is 11.9. The topological polar surface area (TPSA) is 61.4 Å². The SMILES string of the molecule is CC(NC(=O)NCC1(O)CCSC1)c1cccc(Cl)c1Cl. The van der Waals surface area contributed by atoms with Crippen molar-refractivity contribution in [3.63, 3.8) is 0 Å². The fraction of sp³-hybridized carbons (Fsp3) is 0.500. The van der Waals surface area contributed by atoms with Crippen molar-refractivity contribution < 1.29 is 9.90 Å². The highest BCUT2D eigenvalue weighted by atomic mass is 35.5. The highest BCUT2D eigenvalue weighted by molar-refractivity contribution is 7.99. The van der Waals surface area contributed by atoms with Crippen LogP contribution in [0.15, 0.2) is 18.2 Å². The second-order valence-corrected chi connectivity index (χ2v) is 7.11. The number of hydrogen-bond donors (Lipinski definition) is 3. The van der Waals surface area contributed by atoms with Gasteiger partial charge in [-0.1, -0.05) is 35.3 Å². The van der Waals surface area contributed by atoms with E-state index in [9.17, 15) is 9.90 Å². The molecule has 0 saturated carbocycles. The van der Waals surface area contributed by atoms with Crippen LogP contribution in [0.25, 0.3) is 0 Å². The summed E-state index contributed by atoms with van der Waals surface area (Å²) in [5.41, 5.74) is -0.0340. The summed E-state index contributed by atoms with van der Waals surface area (Å²) in [7, 11) is 0.